The van der Waals surface area contributed by atoms with Crippen molar-refractivity contribution >= 4 is 44.1 Å². The zero-order valence-corrected chi connectivity index (χ0v) is 23.6. The van der Waals surface area contributed by atoms with E-state index in [0.29, 0.717) is 40.1 Å². The highest BCUT2D eigenvalue weighted by atomic mass is 32.1. The molecule has 1 fully saturated rings. The first kappa shape index (κ1) is 27.2. The number of aromatic nitrogens is 1. The monoisotopic (exact) mass is 558 g/mol. The zero-order chi connectivity index (χ0) is 28.4. The third-order valence-electron chi connectivity index (χ3n) is 6.78. The second-order valence-corrected chi connectivity index (χ2v) is 10.5. The molecule has 5 rings (SSSR count). The number of rotatable bonds is 9. The van der Waals surface area contributed by atoms with Crippen molar-refractivity contribution in [2.24, 2.45) is 0 Å². The van der Waals surface area contributed by atoms with Crippen LogP contribution in [0.1, 0.15) is 42.5 Å². The van der Waals surface area contributed by atoms with E-state index >= 15 is 0 Å². The predicted octanol–water partition coefficient (Wildman–Crippen LogP) is 6.43. The van der Waals surface area contributed by atoms with Gasteiger partial charge >= 0.3 is 5.91 Å². The maximum atomic E-state index is 13.6. The molecule has 40 heavy (non-hydrogen) atoms. The minimum absolute atomic E-state index is 0.0432. The molecule has 2 heterocycles. The van der Waals surface area contributed by atoms with Crippen LogP contribution in [0.5, 0.6) is 17.2 Å². The third-order valence-corrected chi connectivity index (χ3v) is 7.80. The lowest BCUT2D eigenvalue weighted by molar-refractivity contribution is -0.132. The van der Waals surface area contributed by atoms with Crippen LogP contribution in [0, 0.1) is 6.92 Å². The molecule has 1 N–H and O–H groups in total. The summed E-state index contributed by atoms with van der Waals surface area (Å²) in [7, 11) is 3.04. The number of methoxy groups -OCH3 is 2. The van der Waals surface area contributed by atoms with E-state index in [1.54, 1.807) is 42.5 Å². The van der Waals surface area contributed by atoms with Gasteiger partial charge in [-0.15, -0.1) is 0 Å². The van der Waals surface area contributed by atoms with E-state index in [2.05, 4.69) is 11.9 Å². The molecule has 0 saturated carbocycles. The van der Waals surface area contributed by atoms with E-state index in [9.17, 15) is 14.7 Å². The maximum absolute atomic E-state index is 13.6. The van der Waals surface area contributed by atoms with Gasteiger partial charge in [0.1, 0.15) is 11.5 Å². The fourth-order valence-corrected chi connectivity index (χ4v) is 5.80. The number of fused-ring (bicyclic) bond motifs is 1. The highest BCUT2D eigenvalue weighted by molar-refractivity contribution is 7.22. The number of ether oxygens (including phenoxy) is 3. The summed E-state index contributed by atoms with van der Waals surface area (Å²) in [6.07, 6.45) is 1.88. The number of aliphatic hydroxyl groups is 1. The van der Waals surface area contributed by atoms with Gasteiger partial charge in [-0.1, -0.05) is 48.9 Å². The van der Waals surface area contributed by atoms with Crippen LogP contribution in [-0.2, 0) is 9.59 Å². The van der Waals surface area contributed by atoms with Crippen LogP contribution in [0.3, 0.4) is 0 Å². The highest BCUT2D eigenvalue weighted by Gasteiger charge is 2.48. The number of Topliss-reactive ketones (excluding diaryl/α,β-unsaturated/α-hetero) is 1. The molecule has 9 heteroatoms. The number of carbonyl (C=O) groups is 2. The van der Waals surface area contributed by atoms with Crippen molar-refractivity contribution in [1.29, 1.82) is 0 Å². The van der Waals surface area contributed by atoms with Crippen LogP contribution < -0.4 is 19.1 Å². The predicted molar refractivity (Wildman–Crippen MR) is 156 cm³/mol. The molecule has 0 spiro atoms. The van der Waals surface area contributed by atoms with Crippen molar-refractivity contribution in [3.05, 3.63) is 82.9 Å². The topological polar surface area (TPSA) is 98.2 Å². The van der Waals surface area contributed by atoms with Crippen LogP contribution in [0.25, 0.3) is 16.0 Å². The van der Waals surface area contributed by atoms with Gasteiger partial charge in [-0.05, 0) is 60.9 Å². The lowest BCUT2D eigenvalue weighted by Gasteiger charge is -2.23. The summed E-state index contributed by atoms with van der Waals surface area (Å²) in [5, 5.41) is 11.9. The number of aryl methyl sites for hydroxylation is 1. The summed E-state index contributed by atoms with van der Waals surface area (Å²) < 4.78 is 17.6. The van der Waals surface area contributed by atoms with E-state index in [-0.39, 0.29) is 11.3 Å². The summed E-state index contributed by atoms with van der Waals surface area (Å²) in [5.74, 6) is -0.376. The number of hydrogen-bond donors (Lipinski definition) is 1. The summed E-state index contributed by atoms with van der Waals surface area (Å²) in [6, 6.07) is 16.9. The van der Waals surface area contributed by atoms with Crippen molar-refractivity contribution in [3.8, 4) is 17.2 Å². The Hall–Kier alpha value is -4.37. The molecule has 1 amide bonds. The van der Waals surface area contributed by atoms with Gasteiger partial charge in [-0.3, -0.25) is 14.5 Å². The SMILES string of the molecule is CCCCOc1cccc(C(O)=C2C(=O)C(=O)N(c3nc4ccc(C)cc4s3)C2c2ccc(OC)c(OC)c2)c1. The number of hydrogen-bond acceptors (Lipinski definition) is 8. The van der Waals surface area contributed by atoms with Crippen LogP contribution in [0.2, 0.25) is 0 Å². The molecule has 1 aliphatic rings. The van der Waals surface area contributed by atoms with Crippen LogP contribution in [-0.4, -0.2) is 42.6 Å². The molecule has 0 bridgehead atoms. The fourth-order valence-electron chi connectivity index (χ4n) is 4.71. The fraction of sp³-hybridized carbons (Fsp3) is 0.258. The molecule has 8 nitrogen and oxygen atoms in total. The summed E-state index contributed by atoms with van der Waals surface area (Å²) in [4.78, 5) is 33.3. The van der Waals surface area contributed by atoms with Gasteiger partial charge in [-0.2, -0.15) is 0 Å². The Kier molecular flexibility index (Phi) is 7.75. The van der Waals surface area contributed by atoms with Crippen molar-refractivity contribution in [2.75, 3.05) is 25.7 Å². The molecule has 4 aromatic rings. The molecule has 1 unspecified atom stereocenters. The summed E-state index contributed by atoms with van der Waals surface area (Å²) in [6.45, 7) is 4.59. The largest absolute Gasteiger partial charge is 0.507 e. The lowest BCUT2D eigenvalue weighted by Crippen LogP contribution is -2.29. The lowest BCUT2D eigenvalue weighted by atomic mass is 9.95. The van der Waals surface area contributed by atoms with Crippen molar-refractivity contribution in [3.63, 3.8) is 0 Å². The molecule has 1 aromatic heterocycles. The zero-order valence-electron chi connectivity index (χ0n) is 22.8. The van der Waals surface area contributed by atoms with Gasteiger partial charge in [0.15, 0.2) is 16.6 Å². The van der Waals surface area contributed by atoms with Crippen LogP contribution in [0.15, 0.2) is 66.2 Å². The molecule has 1 atom stereocenters. The number of thiazole rings is 1. The summed E-state index contributed by atoms with van der Waals surface area (Å²) >= 11 is 1.32. The molecular weight excluding hydrogens is 528 g/mol. The van der Waals surface area contributed by atoms with Crippen molar-refractivity contribution < 1.29 is 28.9 Å². The second kappa shape index (κ2) is 11.4. The molecule has 206 valence electrons. The Balaban J connectivity index is 1.68. The molecule has 0 aliphatic carbocycles. The third kappa shape index (κ3) is 5.00. The molecule has 1 saturated heterocycles. The number of amides is 1. The Morgan fingerprint density at radius 1 is 1.02 bits per heavy atom. The number of aliphatic hydroxyl groups excluding tert-OH is 1. The van der Waals surface area contributed by atoms with Crippen molar-refractivity contribution in [1.82, 2.24) is 4.98 Å². The van der Waals surface area contributed by atoms with Gasteiger partial charge in [0.2, 0.25) is 0 Å². The molecule has 0 radical (unpaired) electrons. The van der Waals surface area contributed by atoms with Crippen LogP contribution in [0.4, 0.5) is 5.13 Å². The number of ketones is 1. The second-order valence-electron chi connectivity index (χ2n) is 9.48. The van der Waals surface area contributed by atoms with Gasteiger partial charge in [0, 0.05) is 5.56 Å². The van der Waals surface area contributed by atoms with Gasteiger partial charge in [-0.25, -0.2) is 4.98 Å². The number of unbranched alkanes of at least 4 members (excludes halogenated alkanes) is 1. The Bertz CT molecular complexity index is 1630. The standard InChI is InChI=1S/C31H30N2O6S/c1-5-6-14-39-21-9-7-8-20(16-21)28(34)26-27(19-11-13-23(37-3)24(17-19)38-4)33(30(36)29(26)35)31-32-22-12-10-18(2)15-25(22)40-31/h7-13,15-17,27,34H,5-6,14H2,1-4H3. The summed E-state index contributed by atoms with van der Waals surface area (Å²) in [5.41, 5.74) is 2.66. The first-order valence-corrected chi connectivity index (χ1v) is 13.8. The average Bonchev–Trinajstić information content (AvgIpc) is 3.49. The van der Waals surface area contributed by atoms with Gasteiger partial charge in [0.05, 0.1) is 42.7 Å². The molecular formula is C31H30N2O6S. The van der Waals surface area contributed by atoms with Gasteiger partial charge < -0.3 is 19.3 Å². The average molecular weight is 559 g/mol. The normalized spacial score (nSPS) is 16.5. The highest BCUT2D eigenvalue weighted by Crippen LogP contribution is 2.46. The quantitative estimate of drug-likeness (QED) is 0.109. The van der Waals surface area contributed by atoms with E-state index in [1.807, 2.05) is 25.1 Å². The Morgan fingerprint density at radius 2 is 1.82 bits per heavy atom. The Labute approximate surface area is 236 Å². The minimum atomic E-state index is -0.953. The van der Waals surface area contributed by atoms with Gasteiger partial charge in [0.25, 0.3) is 5.78 Å². The first-order valence-electron chi connectivity index (χ1n) is 13.0. The molecule has 3 aromatic carbocycles. The maximum Gasteiger partial charge on any atom is 0.301 e. The molecule has 1 aliphatic heterocycles. The minimum Gasteiger partial charge on any atom is -0.507 e. The van der Waals surface area contributed by atoms with Crippen LogP contribution >= 0.6 is 11.3 Å². The van der Waals surface area contributed by atoms with E-state index < -0.39 is 17.7 Å². The Morgan fingerprint density at radius 3 is 2.58 bits per heavy atom. The number of benzene rings is 3. The van der Waals surface area contributed by atoms with E-state index in [1.165, 1.54) is 30.5 Å². The number of nitrogens with zero attached hydrogens (tertiary/aromatic N) is 2. The van der Waals surface area contributed by atoms with E-state index in [4.69, 9.17) is 14.2 Å². The van der Waals surface area contributed by atoms with Crippen molar-refractivity contribution in [2.45, 2.75) is 32.7 Å². The van der Waals surface area contributed by atoms with E-state index in [0.717, 1.165) is 28.6 Å². The smallest absolute Gasteiger partial charge is 0.301 e. The number of anilines is 1. The number of carbonyl (C=O) groups excluding carboxylic acids is 2. The first-order chi connectivity index (χ1) is 19.4.